The van der Waals surface area contributed by atoms with Gasteiger partial charge < -0.3 is 4.90 Å². The quantitative estimate of drug-likeness (QED) is 0.818. The summed E-state index contributed by atoms with van der Waals surface area (Å²) in [6, 6.07) is 0. The molecule has 4 heteroatoms. The molecule has 1 saturated heterocycles. The zero-order valence-corrected chi connectivity index (χ0v) is 11.2. The van der Waals surface area contributed by atoms with Crippen LogP contribution in [0.2, 0.25) is 0 Å². The van der Waals surface area contributed by atoms with Crippen molar-refractivity contribution < 1.29 is 4.79 Å². The largest absolute Gasteiger partial charge is 0.341 e. The van der Waals surface area contributed by atoms with Crippen LogP contribution in [0.15, 0.2) is 12.4 Å². The van der Waals surface area contributed by atoms with E-state index in [1.54, 1.807) is 0 Å². The number of carbonyl (C=O) groups is 1. The van der Waals surface area contributed by atoms with E-state index in [2.05, 4.69) is 21.8 Å². The Morgan fingerprint density at radius 1 is 1.28 bits per heavy atom. The van der Waals surface area contributed by atoms with E-state index in [4.69, 9.17) is 0 Å². The van der Waals surface area contributed by atoms with Gasteiger partial charge in [0.1, 0.15) is 5.78 Å². The topological polar surface area (TPSA) is 46.1 Å². The predicted molar refractivity (Wildman–Crippen MR) is 71.6 cm³/mol. The third-order valence-corrected chi connectivity index (χ3v) is 3.68. The molecule has 0 N–H and O–H groups in total. The highest BCUT2D eigenvalue weighted by Crippen LogP contribution is 2.22. The first-order valence-electron chi connectivity index (χ1n) is 6.83. The van der Waals surface area contributed by atoms with Crippen LogP contribution in [0.4, 0.5) is 5.95 Å². The number of Topliss-reactive ketones (excluding diaryl/α,β-unsaturated/α-hetero) is 1. The Morgan fingerprint density at radius 3 is 2.39 bits per heavy atom. The molecule has 0 saturated carbocycles. The Labute approximate surface area is 108 Å². The van der Waals surface area contributed by atoms with Crippen LogP contribution in [0.3, 0.4) is 0 Å². The number of aromatic nitrogens is 2. The molecule has 0 aliphatic carbocycles. The van der Waals surface area contributed by atoms with Crippen molar-refractivity contribution in [1.82, 2.24) is 9.97 Å². The third-order valence-electron chi connectivity index (χ3n) is 3.68. The molecule has 0 atom stereocenters. The summed E-state index contributed by atoms with van der Waals surface area (Å²) in [6.45, 7) is 5.82. The summed E-state index contributed by atoms with van der Waals surface area (Å²) in [6.07, 6.45) is 7.29. The molecule has 0 aromatic carbocycles. The molecule has 1 aromatic heterocycles. The fourth-order valence-electron chi connectivity index (χ4n) is 2.38. The van der Waals surface area contributed by atoms with Crippen molar-refractivity contribution >= 4 is 11.7 Å². The predicted octanol–water partition coefficient (Wildman–Crippen LogP) is 2.23. The molecule has 0 spiro atoms. The van der Waals surface area contributed by atoms with Crippen LogP contribution in [0.25, 0.3) is 0 Å². The van der Waals surface area contributed by atoms with Crippen molar-refractivity contribution in [2.45, 2.75) is 39.5 Å². The lowest BCUT2D eigenvalue weighted by Crippen LogP contribution is -2.37. The summed E-state index contributed by atoms with van der Waals surface area (Å²) >= 11 is 0. The van der Waals surface area contributed by atoms with Gasteiger partial charge in [0.25, 0.3) is 0 Å². The molecule has 4 nitrogen and oxygen atoms in total. The van der Waals surface area contributed by atoms with Gasteiger partial charge in [-0.15, -0.1) is 0 Å². The minimum absolute atomic E-state index is 0.251. The number of nitrogens with zero attached hydrogens (tertiary/aromatic N) is 3. The highest BCUT2D eigenvalue weighted by Gasteiger charge is 2.24. The Kier molecular flexibility index (Phi) is 4.28. The van der Waals surface area contributed by atoms with Crippen molar-refractivity contribution in [3.8, 4) is 0 Å². The maximum atomic E-state index is 11.6. The number of anilines is 1. The zero-order chi connectivity index (χ0) is 13.0. The van der Waals surface area contributed by atoms with E-state index >= 15 is 0 Å². The molecule has 1 aromatic rings. The molecular weight excluding hydrogens is 226 g/mol. The number of piperidine rings is 1. The first kappa shape index (κ1) is 13.0. The Morgan fingerprint density at radius 2 is 1.89 bits per heavy atom. The minimum atomic E-state index is 0.251. The van der Waals surface area contributed by atoms with Crippen LogP contribution in [-0.4, -0.2) is 28.8 Å². The number of rotatable bonds is 4. The van der Waals surface area contributed by atoms with E-state index in [1.165, 1.54) is 0 Å². The summed E-state index contributed by atoms with van der Waals surface area (Å²) in [5.74, 6) is 1.45. The highest BCUT2D eigenvalue weighted by atomic mass is 16.1. The molecule has 1 aliphatic heterocycles. The van der Waals surface area contributed by atoms with Crippen molar-refractivity contribution in [3.63, 3.8) is 0 Å². The standard InChI is InChI=1S/C14H21N3O/c1-3-11-9-15-14(16-10-11)17-7-5-12(6-8-17)13(18)4-2/h9-10,12H,3-8H2,1-2H3. The van der Waals surface area contributed by atoms with Gasteiger partial charge in [0.05, 0.1) is 0 Å². The number of hydrogen-bond acceptors (Lipinski definition) is 4. The van der Waals surface area contributed by atoms with Gasteiger partial charge in [0.2, 0.25) is 5.95 Å². The van der Waals surface area contributed by atoms with Crippen molar-refractivity contribution in [2.24, 2.45) is 5.92 Å². The first-order valence-corrected chi connectivity index (χ1v) is 6.83. The average molecular weight is 247 g/mol. The zero-order valence-electron chi connectivity index (χ0n) is 11.2. The van der Waals surface area contributed by atoms with Crippen LogP contribution >= 0.6 is 0 Å². The lowest BCUT2D eigenvalue weighted by molar-refractivity contribution is -0.123. The molecule has 0 unspecified atom stereocenters. The van der Waals surface area contributed by atoms with Crippen LogP contribution in [0, 0.1) is 5.92 Å². The van der Waals surface area contributed by atoms with E-state index in [9.17, 15) is 4.79 Å². The maximum Gasteiger partial charge on any atom is 0.225 e. The maximum absolute atomic E-state index is 11.6. The summed E-state index contributed by atoms with van der Waals surface area (Å²) in [5, 5.41) is 0. The second kappa shape index (κ2) is 5.94. The number of hydrogen-bond donors (Lipinski definition) is 0. The van der Waals surface area contributed by atoms with Gasteiger partial charge in [0, 0.05) is 37.8 Å². The van der Waals surface area contributed by atoms with Gasteiger partial charge in [-0.3, -0.25) is 4.79 Å². The van der Waals surface area contributed by atoms with Crippen LogP contribution < -0.4 is 4.90 Å². The summed E-state index contributed by atoms with van der Waals surface area (Å²) < 4.78 is 0. The monoisotopic (exact) mass is 247 g/mol. The summed E-state index contributed by atoms with van der Waals surface area (Å²) in [7, 11) is 0. The second-order valence-electron chi connectivity index (χ2n) is 4.83. The van der Waals surface area contributed by atoms with Crippen molar-refractivity contribution in [3.05, 3.63) is 18.0 Å². The smallest absolute Gasteiger partial charge is 0.225 e. The Bertz CT molecular complexity index is 394. The highest BCUT2D eigenvalue weighted by molar-refractivity contribution is 5.80. The van der Waals surface area contributed by atoms with Gasteiger partial charge in [-0.25, -0.2) is 9.97 Å². The molecule has 2 heterocycles. The molecule has 0 bridgehead atoms. The first-order chi connectivity index (χ1) is 8.74. The van der Waals surface area contributed by atoms with E-state index in [1.807, 2.05) is 19.3 Å². The average Bonchev–Trinajstić information content (AvgIpc) is 2.47. The fourth-order valence-corrected chi connectivity index (χ4v) is 2.38. The Hall–Kier alpha value is -1.45. The summed E-state index contributed by atoms with van der Waals surface area (Å²) in [5.41, 5.74) is 1.16. The molecule has 2 rings (SSSR count). The molecule has 98 valence electrons. The molecule has 1 fully saturated rings. The van der Waals surface area contributed by atoms with Gasteiger partial charge in [-0.05, 0) is 24.8 Å². The summed E-state index contributed by atoms with van der Waals surface area (Å²) in [4.78, 5) is 22.6. The van der Waals surface area contributed by atoms with Crippen molar-refractivity contribution in [1.29, 1.82) is 0 Å². The van der Waals surface area contributed by atoms with E-state index in [0.29, 0.717) is 12.2 Å². The molecular formula is C14H21N3O. The lowest BCUT2D eigenvalue weighted by Gasteiger charge is -2.31. The van der Waals surface area contributed by atoms with Crippen LogP contribution in [0.1, 0.15) is 38.7 Å². The lowest BCUT2D eigenvalue weighted by atomic mass is 9.91. The number of ketones is 1. The van der Waals surface area contributed by atoms with E-state index in [-0.39, 0.29) is 5.92 Å². The van der Waals surface area contributed by atoms with E-state index in [0.717, 1.165) is 43.9 Å². The molecule has 0 amide bonds. The Balaban J connectivity index is 1.94. The van der Waals surface area contributed by atoms with Gasteiger partial charge in [-0.2, -0.15) is 0 Å². The number of aryl methyl sites for hydroxylation is 1. The number of carbonyl (C=O) groups excluding carboxylic acids is 1. The second-order valence-corrected chi connectivity index (χ2v) is 4.83. The van der Waals surface area contributed by atoms with Crippen LogP contribution in [-0.2, 0) is 11.2 Å². The molecule has 1 aliphatic rings. The molecule has 18 heavy (non-hydrogen) atoms. The van der Waals surface area contributed by atoms with E-state index < -0.39 is 0 Å². The van der Waals surface area contributed by atoms with Gasteiger partial charge in [0.15, 0.2) is 0 Å². The van der Waals surface area contributed by atoms with Gasteiger partial charge >= 0.3 is 0 Å². The third kappa shape index (κ3) is 2.86. The van der Waals surface area contributed by atoms with Gasteiger partial charge in [-0.1, -0.05) is 13.8 Å². The normalized spacial score (nSPS) is 16.9. The minimum Gasteiger partial charge on any atom is -0.341 e. The molecule has 0 radical (unpaired) electrons. The fraction of sp³-hybridized carbons (Fsp3) is 0.643. The van der Waals surface area contributed by atoms with Crippen LogP contribution in [0.5, 0.6) is 0 Å². The SMILES string of the molecule is CCC(=O)C1CCN(c2ncc(CC)cn2)CC1. The van der Waals surface area contributed by atoms with Crippen molar-refractivity contribution in [2.75, 3.05) is 18.0 Å².